The minimum absolute atomic E-state index is 0.101. The van der Waals surface area contributed by atoms with Gasteiger partial charge in [-0.15, -0.1) is 0 Å². The Kier molecular flexibility index (Phi) is 5.90. The third-order valence-corrected chi connectivity index (χ3v) is 4.48. The zero-order valence-electron chi connectivity index (χ0n) is 15.6. The van der Waals surface area contributed by atoms with Gasteiger partial charge >= 0.3 is 0 Å². The Morgan fingerprint density at radius 1 is 1.07 bits per heavy atom. The number of aromatic nitrogens is 1. The van der Waals surface area contributed by atoms with Gasteiger partial charge in [0.2, 0.25) is 5.91 Å². The van der Waals surface area contributed by atoms with Crippen LogP contribution in [0.25, 0.3) is 0 Å². The molecule has 1 saturated heterocycles. The molecule has 0 aliphatic carbocycles. The summed E-state index contributed by atoms with van der Waals surface area (Å²) in [5, 5.41) is 2.85. The summed E-state index contributed by atoms with van der Waals surface area (Å²) in [4.78, 5) is 32.2. The standard InChI is InChI=1S/C20H24N4O3/c1-3-27-18-7-5-17(6-8-18)22-20(26)16-4-9-19(21-14-16)24-12-10-23(11-13-24)15(2)25/h4-9,14H,3,10-13H2,1-2H3,(H,22,26). The topological polar surface area (TPSA) is 74.8 Å². The summed E-state index contributed by atoms with van der Waals surface area (Å²) >= 11 is 0. The highest BCUT2D eigenvalue weighted by Gasteiger charge is 2.19. The van der Waals surface area contributed by atoms with E-state index in [1.165, 1.54) is 0 Å². The van der Waals surface area contributed by atoms with E-state index >= 15 is 0 Å². The molecule has 7 heteroatoms. The van der Waals surface area contributed by atoms with Crippen LogP contribution in [0.2, 0.25) is 0 Å². The first-order valence-corrected chi connectivity index (χ1v) is 9.07. The second kappa shape index (κ2) is 8.53. The van der Waals surface area contributed by atoms with E-state index in [1.54, 1.807) is 31.3 Å². The number of nitrogens with zero attached hydrogens (tertiary/aromatic N) is 3. The second-order valence-electron chi connectivity index (χ2n) is 6.31. The molecular formula is C20H24N4O3. The van der Waals surface area contributed by atoms with Gasteiger partial charge in [-0.05, 0) is 43.3 Å². The number of anilines is 2. The number of piperazine rings is 1. The number of nitrogens with one attached hydrogen (secondary N) is 1. The number of carbonyl (C=O) groups excluding carboxylic acids is 2. The van der Waals surface area contributed by atoms with Gasteiger partial charge in [0, 0.05) is 45.0 Å². The van der Waals surface area contributed by atoms with Gasteiger partial charge in [-0.3, -0.25) is 9.59 Å². The van der Waals surface area contributed by atoms with E-state index in [9.17, 15) is 9.59 Å². The van der Waals surface area contributed by atoms with Gasteiger partial charge in [0.15, 0.2) is 0 Å². The lowest BCUT2D eigenvalue weighted by Gasteiger charge is -2.34. The number of carbonyl (C=O) groups is 2. The Hall–Kier alpha value is -3.09. The number of pyridine rings is 1. The van der Waals surface area contributed by atoms with Crippen molar-refractivity contribution in [3.8, 4) is 5.75 Å². The number of ether oxygens (including phenoxy) is 1. The van der Waals surface area contributed by atoms with Crippen molar-refractivity contribution < 1.29 is 14.3 Å². The highest BCUT2D eigenvalue weighted by Crippen LogP contribution is 2.18. The van der Waals surface area contributed by atoms with Gasteiger partial charge in [0.25, 0.3) is 5.91 Å². The van der Waals surface area contributed by atoms with Crippen LogP contribution < -0.4 is 15.0 Å². The summed E-state index contributed by atoms with van der Waals surface area (Å²) in [6.07, 6.45) is 1.58. The molecular weight excluding hydrogens is 344 g/mol. The second-order valence-corrected chi connectivity index (χ2v) is 6.31. The van der Waals surface area contributed by atoms with E-state index in [0.717, 1.165) is 24.7 Å². The van der Waals surface area contributed by atoms with Crippen molar-refractivity contribution in [2.24, 2.45) is 0 Å². The van der Waals surface area contributed by atoms with Crippen molar-refractivity contribution in [2.75, 3.05) is 43.0 Å². The molecule has 0 atom stereocenters. The Morgan fingerprint density at radius 2 is 1.78 bits per heavy atom. The van der Waals surface area contributed by atoms with Gasteiger partial charge in [0.05, 0.1) is 12.2 Å². The predicted molar refractivity (Wildman–Crippen MR) is 104 cm³/mol. The smallest absolute Gasteiger partial charge is 0.257 e. The quantitative estimate of drug-likeness (QED) is 0.877. The largest absolute Gasteiger partial charge is 0.494 e. The van der Waals surface area contributed by atoms with Crippen LogP contribution in [0.5, 0.6) is 5.75 Å². The van der Waals surface area contributed by atoms with Crippen LogP contribution in [0.3, 0.4) is 0 Å². The van der Waals surface area contributed by atoms with Crippen LogP contribution in [-0.2, 0) is 4.79 Å². The third kappa shape index (κ3) is 4.75. The van der Waals surface area contributed by atoms with Crippen molar-refractivity contribution in [3.05, 3.63) is 48.2 Å². The predicted octanol–water partition coefficient (Wildman–Crippen LogP) is 2.40. The fourth-order valence-corrected chi connectivity index (χ4v) is 2.96. The normalized spacial score (nSPS) is 14.0. The van der Waals surface area contributed by atoms with E-state index in [-0.39, 0.29) is 11.8 Å². The molecule has 27 heavy (non-hydrogen) atoms. The lowest BCUT2D eigenvalue weighted by molar-refractivity contribution is -0.129. The first kappa shape index (κ1) is 18.7. The SMILES string of the molecule is CCOc1ccc(NC(=O)c2ccc(N3CCN(C(C)=O)CC3)nc2)cc1. The Bertz CT molecular complexity index is 782. The highest BCUT2D eigenvalue weighted by atomic mass is 16.5. The molecule has 1 fully saturated rings. The lowest BCUT2D eigenvalue weighted by atomic mass is 10.2. The molecule has 0 bridgehead atoms. The van der Waals surface area contributed by atoms with E-state index in [4.69, 9.17) is 4.74 Å². The Morgan fingerprint density at radius 3 is 2.33 bits per heavy atom. The molecule has 2 aromatic rings. The van der Waals surface area contributed by atoms with Crippen LogP contribution in [0.1, 0.15) is 24.2 Å². The van der Waals surface area contributed by atoms with E-state index in [1.807, 2.05) is 30.0 Å². The molecule has 0 saturated carbocycles. The summed E-state index contributed by atoms with van der Waals surface area (Å²) in [6.45, 7) is 6.98. The summed E-state index contributed by atoms with van der Waals surface area (Å²) < 4.78 is 5.39. The van der Waals surface area contributed by atoms with Gasteiger partial charge in [0.1, 0.15) is 11.6 Å². The van der Waals surface area contributed by atoms with Crippen molar-refractivity contribution in [2.45, 2.75) is 13.8 Å². The zero-order valence-corrected chi connectivity index (χ0v) is 15.6. The summed E-state index contributed by atoms with van der Waals surface area (Å²) in [7, 11) is 0. The minimum Gasteiger partial charge on any atom is -0.494 e. The van der Waals surface area contributed by atoms with Crippen molar-refractivity contribution >= 4 is 23.3 Å². The molecule has 1 aromatic carbocycles. The fourth-order valence-electron chi connectivity index (χ4n) is 2.96. The van der Waals surface area contributed by atoms with E-state index in [2.05, 4.69) is 15.2 Å². The first-order valence-electron chi connectivity index (χ1n) is 9.07. The molecule has 1 aliphatic heterocycles. The molecule has 0 unspecified atom stereocenters. The molecule has 3 rings (SSSR count). The third-order valence-electron chi connectivity index (χ3n) is 4.48. The molecule has 7 nitrogen and oxygen atoms in total. The van der Waals surface area contributed by atoms with E-state index < -0.39 is 0 Å². The number of amides is 2. The summed E-state index contributed by atoms with van der Waals surface area (Å²) in [5.41, 5.74) is 1.20. The van der Waals surface area contributed by atoms with Gasteiger partial charge in [-0.25, -0.2) is 4.98 Å². The highest BCUT2D eigenvalue weighted by molar-refractivity contribution is 6.04. The molecule has 0 spiro atoms. The number of hydrogen-bond acceptors (Lipinski definition) is 5. The van der Waals surface area contributed by atoms with Crippen LogP contribution in [0, 0.1) is 0 Å². The Labute approximate surface area is 158 Å². The number of hydrogen-bond donors (Lipinski definition) is 1. The van der Waals surface area contributed by atoms with Gasteiger partial charge in [-0.2, -0.15) is 0 Å². The molecule has 1 aromatic heterocycles. The van der Waals surface area contributed by atoms with Crippen LogP contribution in [-0.4, -0.2) is 54.5 Å². The first-order chi connectivity index (χ1) is 13.1. The maximum absolute atomic E-state index is 12.4. The van der Waals surface area contributed by atoms with Crippen molar-refractivity contribution in [1.29, 1.82) is 0 Å². The molecule has 142 valence electrons. The monoisotopic (exact) mass is 368 g/mol. The summed E-state index contributed by atoms with van der Waals surface area (Å²) in [6, 6.07) is 10.9. The van der Waals surface area contributed by atoms with E-state index in [0.29, 0.717) is 30.9 Å². The number of benzene rings is 1. The Balaban J connectivity index is 1.58. The van der Waals surface area contributed by atoms with Gasteiger partial charge in [-0.1, -0.05) is 0 Å². The van der Waals surface area contributed by atoms with Gasteiger partial charge < -0.3 is 19.9 Å². The maximum atomic E-state index is 12.4. The average molecular weight is 368 g/mol. The van der Waals surface area contributed by atoms with Crippen molar-refractivity contribution in [3.63, 3.8) is 0 Å². The van der Waals surface area contributed by atoms with Crippen LogP contribution in [0.4, 0.5) is 11.5 Å². The maximum Gasteiger partial charge on any atom is 0.257 e. The number of rotatable bonds is 5. The molecule has 2 amide bonds. The van der Waals surface area contributed by atoms with Crippen molar-refractivity contribution in [1.82, 2.24) is 9.88 Å². The summed E-state index contributed by atoms with van der Waals surface area (Å²) in [5.74, 6) is 1.48. The zero-order chi connectivity index (χ0) is 19.2. The van der Waals surface area contributed by atoms with Crippen LogP contribution >= 0.6 is 0 Å². The molecule has 1 N–H and O–H groups in total. The fraction of sp³-hybridized carbons (Fsp3) is 0.350. The lowest BCUT2D eigenvalue weighted by Crippen LogP contribution is -2.48. The molecule has 0 radical (unpaired) electrons. The van der Waals surface area contributed by atoms with Crippen LogP contribution in [0.15, 0.2) is 42.6 Å². The molecule has 1 aliphatic rings. The minimum atomic E-state index is -0.209. The average Bonchev–Trinajstić information content (AvgIpc) is 2.70. The molecule has 2 heterocycles.